The van der Waals surface area contributed by atoms with E-state index in [0.717, 1.165) is 11.6 Å². The molecule has 56 valence electrons. The Hall–Kier alpha value is -0.540. The second-order valence-electron chi connectivity index (χ2n) is 1.96. The molecule has 0 saturated heterocycles. The summed E-state index contributed by atoms with van der Waals surface area (Å²) in [5, 5.41) is 4.05. The minimum absolute atomic E-state index is 0.925. The first kappa shape index (κ1) is 7.57. The fraction of sp³-hybridized carbons (Fsp3) is 0.429. The third-order valence-corrected chi connectivity index (χ3v) is 2.24. The molecule has 1 aromatic rings. The molecule has 1 rings (SSSR count). The molecule has 1 aromatic heterocycles. The van der Waals surface area contributed by atoms with Gasteiger partial charge in [-0.2, -0.15) is 0 Å². The highest BCUT2D eigenvalue weighted by Crippen LogP contribution is 2.23. The van der Waals surface area contributed by atoms with E-state index in [-0.39, 0.29) is 0 Å². The molecule has 0 bridgehead atoms. The maximum atomic E-state index is 5.03. The molecule has 0 aliphatic rings. The van der Waals surface area contributed by atoms with Crippen LogP contribution in [0.25, 0.3) is 0 Å². The Morgan fingerprint density at radius 3 is 2.90 bits per heavy atom. The maximum absolute atomic E-state index is 5.03. The number of ether oxygens (including phenoxy) is 1. The zero-order valence-electron chi connectivity index (χ0n) is 6.18. The predicted octanol–water partition coefficient (Wildman–Crippen LogP) is 1.48. The minimum atomic E-state index is 0.925. The Balaban J connectivity index is 2.59. The van der Waals surface area contributed by atoms with Gasteiger partial charge in [-0.15, -0.1) is 11.3 Å². The van der Waals surface area contributed by atoms with Gasteiger partial charge in [0.05, 0.1) is 7.11 Å². The first-order valence-corrected chi connectivity index (χ1v) is 3.95. The van der Waals surface area contributed by atoms with E-state index in [4.69, 9.17) is 4.74 Å². The Kier molecular flexibility index (Phi) is 2.71. The summed E-state index contributed by atoms with van der Waals surface area (Å²) in [6, 6.07) is 4.05. The highest BCUT2D eigenvalue weighted by atomic mass is 32.1. The standard InChI is InChI=1S/C7H11NOS/c1-8-5-6-3-4-7(9-2)10-6/h3-4,8H,5H2,1-2H3. The molecule has 0 fully saturated rings. The minimum Gasteiger partial charge on any atom is -0.487 e. The van der Waals surface area contributed by atoms with E-state index in [9.17, 15) is 0 Å². The number of methoxy groups -OCH3 is 1. The molecule has 0 radical (unpaired) electrons. The van der Waals surface area contributed by atoms with Crippen LogP contribution in [0.5, 0.6) is 5.06 Å². The SMILES string of the molecule is CNCc1ccc(OC)s1. The first-order valence-electron chi connectivity index (χ1n) is 3.14. The van der Waals surface area contributed by atoms with Crippen molar-refractivity contribution < 1.29 is 4.74 Å². The van der Waals surface area contributed by atoms with Gasteiger partial charge in [0.25, 0.3) is 0 Å². The van der Waals surface area contributed by atoms with E-state index in [1.807, 2.05) is 13.1 Å². The van der Waals surface area contributed by atoms with Crippen LogP contribution < -0.4 is 10.1 Å². The van der Waals surface area contributed by atoms with Crippen molar-refractivity contribution in [2.45, 2.75) is 6.54 Å². The summed E-state index contributed by atoms with van der Waals surface area (Å²) in [4.78, 5) is 1.30. The average Bonchev–Trinajstić information content (AvgIpc) is 2.37. The van der Waals surface area contributed by atoms with E-state index in [1.165, 1.54) is 4.88 Å². The smallest absolute Gasteiger partial charge is 0.173 e. The third-order valence-electron chi connectivity index (χ3n) is 1.19. The topological polar surface area (TPSA) is 21.3 Å². The molecule has 1 N–H and O–H groups in total. The number of hydrogen-bond acceptors (Lipinski definition) is 3. The lowest BCUT2D eigenvalue weighted by Crippen LogP contribution is -2.02. The van der Waals surface area contributed by atoms with Gasteiger partial charge >= 0.3 is 0 Å². The van der Waals surface area contributed by atoms with Crippen molar-refractivity contribution in [2.24, 2.45) is 0 Å². The molecule has 0 amide bonds. The van der Waals surface area contributed by atoms with E-state index in [1.54, 1.807) is 18.4 Å². The monoisotopic (exact) mass is 157 g/mol. The molecule has 0 unspecified atom stereocenters. The molecule has 2 nitrogen and oxygen atoms in total. The summed E-state index contributed by atoms with van der Waals surface area (Å²) < 4.78 is 5.03. The second kappa shape index (κ2) is 3.58. The van der Waals surface area contributed by atoms with Crippen LogP contribution >= 0.6 is 11.3 Å². The fourth-order valence-corrected chi connectivity index (χ4v) is 1.57. The number of rotatable bonds is 3. The van der Waals surface area contributed by atoms with Gasteiger partial charge in [-0.3, -0.25) is 0 Å². The Morgan fingerprint density at radius 2 is 2.40 bits per heavy atom. The second-order valence-corrected chi connectivity index (χ2v) is 3.09. The summed E-state index contributed by atoms with van der Waals surface area (Å²) in [5.41, 5.74) is 0. The van der Waals surface area contributed by atoms with Gasteiger partial charge in [-0.1, -0.05) is 0 Å². The van der Waals surface area contributed by atoms with Gasteiger partial charge in [0.15, 0.2) is 5.06 Å². The van der Waals surface area contributed by atoms with Crippen LogP contribution in [0, 0.1) is 0 Å². The van der Waals surface area contributed by atoms with Gasteiger partial charge < -0.3 is 10.1 Å². The van der Waals surface area contributed by atoms with Gasteiger partial charge in [0.1, 0.15) is 0 Å². The molecule has 3 heteroatoms. The third kappa shape index (κ3) is 1.72. The molecule has 0 aromatic carbocycles. The summed E-state index contributed by atoms with van der Waals surface area (Å²) >= 11 is 1.67. The molecule has 0 aliphatic carbocycles. The van der Waals surface area contributed by atoms with Gasteiger partial charge in [0, 0.05) is 11.4 Å². The van der Waals surface area contributed by atoms with E-state index in [0.29, 0.717) is 0 Å². The summed E-state index contributed by atoms with van der Waals surface area (Å²) in [5.74, 6) is 0. The van der Waals surface area contributed by atoms with Crippen molar-refractivity contribution >= 4 is 11.3 Å². The van der Waals surface area contributed by atoms with E-state index in [2.05, 4.69) is 11.4 Å². The molecule has 0 aliphatic heterocycles. The zero-order valence-corrected chi connectivity index (χ0v) is 6.99. The Morgan fingerprint density at radius 1 is 1.60 bits per heavy atom. The fourth-order valence-electron chi connectivity index (χ4n) is 0.737. The molecule has 1 heterocycles. The van der Waals surface area contributed by atoms with Crippen LogP contribution in [0.1, 0.15) is 4.88 Å². The van der Waals surface area contributed by atoms with Crippen LogP contribution in [0.3, 0.4) is 0 Å². The predicted molar refractivity (Wildman–Crippen MR) is 43.6 cm³/mol. The maximum Gasteiger partial charge on any atom is 0.173 e. The van der Waals surface area contributed by atoms with E-state index >= 15 is 0 Å². The van der Waals surface area contributed by atoms with Crippen molar-refractivity contribution in [2.75, 3.05) is 14.2 Å². The van der Waals surface area contributed by atoms with Crippen LogP contribution in [0.2, 0.25) is 0 Å². The lowest BCUT2D eigenvalue weighted by Gasteiger charge is -1.92. The zero-order chi connectivity index (χ0) is 7.40. The van der Waals surface area contributed by atoms with Gasteiger partial charge in [0.2, 0.25) is 0 Å². The molecule has 0 spiro atoms. The summed E-state index contributed by atoms with van der Waals surface area (Å²) in [6.07, 6.45) is 0. The highest BCUT2D eigenvalue weighted by molar-refractivity contribution is 7.13. The van der Waals surface area contributed by atoms with Crippen LogP contribution in [0.15, 0.2) is 12.1 Å². The van der Waals surface area contributed by atoms with Crippen LogP contribution in [-0.2, 0) is 6.54 Å². The molecular weight excluding hydrogens is 146 g/mol. The quantitative estimate of drug-likeness (QED) is 0.717. The number of hydrogen-bond donors (Lipinski definition) is 1. The lowest BCUT2D eigenvalue weighted by atomic mass is 10.5. The number of thiophene rings is 1. The normalized spacial score (nSPS) is 9.80. The highest BCUT2D eigenvalue weighted by Gasteiger charge is 1.96. The molecule has 0 atom stereocenters. The van der Waals surface area contributed by atoms with Crippen molar-refractivity contribution in [1.82, 2.24) is 5.32 Å². The van der Waals surface area contributed by atoms with Crippen molar-refractivity contribution in [3.05, 3.63) is 17.0 Å². The lowest BCUT2D eigenvalue weighted by molar-refractivity contribution is 0.427. The first-order chi connectivity index (χ1) is 4.86. The number of nitrogens with one attached hydrogen (secondary N) is 1. The Labute approximate surface area is 64.8 Å². The molecule has 0 saturated carbocycles. The Bertz CT molecular complexity index is 197. The van der Waals surface area contributed by atoms with Crippen LogP contribution in [0.4, 0.5) is 0 Å². The van der Waals surface area contributed by atoms with E-state index < -0.39 is 0 Å². The van der Waals surface area contributed by atoms with Gasteiger partial charge in [-0.25, -0.2) is 0 Å². The molecule has 10 heavy (non-hydrogen) atoms. The summed E-state index contributed by atoms with van der Waals surface area (Å²) in [7, 11) is 3.63. The molecular formula is C7H11NOS. The van der Waals surface area contributed by atoms with Crippen LogP contribution in [-0.4, -0.2) is 14.2 Å². The average molecular weight is 157 g/mol. The van der Waals surface area contributed by atoms with Gasteiger partial charge in [-0.05, 0) is 19.2 Å². The van der Waals surface area contributed by atoms with Crippen molar-refractivity contribution in [3.63, 3.8) is 0 Å². The van der Waals surface area contributed by atoms with Crippen molar-refractivity contribution in [3.8, 4) is 5.06 Å². The largest absolute Gasteiger partial charge is 0.487 e. The summed E-state index contributed by atoms with van der Waals surface area (Å²) in [6.45, 7) is 0.925. The van der Waals surface area contributed by atoms with Crippen molar-refractivity contribution in [1.29, 1.82) is 0 Å².